The minimum absolute atomic E-state index is 0.127. The summed E-state index contributed by atoms with van der Waals surface area (Å²) in [5, 5.41) is 0.484. The van der Waals surface area contributed by atoms with E-state index in [0.29, 0.717) is 47.5 Å². The number of H-pyrrole nitrogens is 1. The molecule has 1 saturated heterocycles. The number of benzene rings is 2. The van der Waals surface area contributed by atoms with Gasteiger partial charge in [-0.15, -0.1) is 6.58 Å². The van der Waals surface area contributed by atoms with Crippen LogP contribution < -0.4 is 10.5 Å². The minimum atomic E-state index is -0.199. The summed E-state index contributed by atoms with van der Waals surface area (Å²) in [5.74, 6) is -0.127. The number of fused-ring (bicyclic) bond motifs is 1. The van der Waals surface area contributed by atoms with Gasteiger partial charge in [0.05, 0.1) is 24.1 Å². The van der Waals surface area contributed by atoms with Gasteiger partial charge in [-0.3, -0.25) is 14.2 Å². The van der Waals surface area contributed by atoms with Crippen LogP contribution in [0.5, 0.6) is 0 Å². The molecule has 1 aromatic heterocycles. The second-order valence-electron chi connectivity index (χ2n) is 7.78. The summed E-state index contributed by atoms with van der Waals surface area (Å²) in [6.07, 6.45) is 1.62. The summed E-state index contributed by atoms with van der Waals surface area (Å²) in [6.45, 7) is 7.55. The average Bonchev–Trinajstić information content (AvgIpc) is 2.81. The van der Waals surface area contributed by atoms with Crippen molar-refractivity contribution in [1.29, 1.82) is 0 Å². The van der Waals surface area contributed by atoms with Gasteiger partial charge in [0.2, 0.25) is 0 Å². The lowest BCUT2D eigenvalue weighted by molar-refractivity contribution is 0.0785. The SMILES string of the molecule is C=CCn1c(=S)[nH]c2cc(C(=O)N(C)Cc3ccccc3N3CCOCC3)ccc2c1=O. The molecular weight excluding hydrogens is 424 g/mol. The molecule has 1 amide bonds. The number of aromatic nitrogens is 2. The quantitative estimate of drug-likeness (QED) is 0.461. The number of nitrogens with one attached hydrogen (secondary N) is 1. The molecule has 1 aliphatic heterocycles. The van der Waals surface area contributed by atoms with E-state index in [-0.39, 0.29) is 11.5 Å². The van der Waals surface area contributed by atoms with E-state index in [1.165, 1.54) is 4.57 Å². The Balaban J connectivity index is 1.60. The Hall–Kier alpha value is -3.23. The molecule has 0 aliphatic carbocycles. The van der Waals surface area contributed by atoms with E-state index in [1.54, 1.807) is 36.2 Å². The normalized spacial score (nSPS) is 13.8. The first-order valence-electron chi connectivity index (χ1n) is 10.5. The van der Waals surface area contributed by atoms with Gasteiger partial charge in [-0.2, -0.15) is 0 Å². The third kappa shape index (κ3) is 4.37. The number of para-hydroxylation sites is 1. The molecule has 0 bridgehead atoms. The fourth-order valence-corrected chi connectivity index (χ4v) is 4.25. The highest BCUT2D eigenvalue weighted by atomic mass is 32.1. The lowest BCUT2D eigenvalue weighted by atomic mass is 10.1. The van der Waals surface area contributed by atoms with Gasteiger partial charge < -0.3 is 19.5 Å². The lowest BCUT2D eigenvalue weighted by Crippen LogP contribution is -2.37. The molecule has 2 aromatic carbocycles. The minimum Gasteiger partial charge on any atom is -0.378 e. The fraction of sp³-hybridized carbons (Fsp3) is 0.292. The number of anilines is 1. The molecule has 0 radical (unpaired) electrons. The number of carbonyl (C=O) groups is 1. The molecule has 2 heterocycles. The number of rotatable bonds is 6. The van der Waals surface area contributed by atoms with E-state index in [0.717, 1.165) is 24.3 Å². The number of hydrogen-bond donors (Lipinski definition) is 1. The third-order valence-corrected chi connectivity index (χ3v) is 5.96. The predicted molar refractivity (Wildman–Crippen MR) is 129 cm³/mol. The fourth-order valence-electron chi connectivity index (χ4n) is 3.99. The Morgan fingerprint density at radius 2 is 2.00 bits per heavy atom. The van der Waals surface area contributed by atoms with Gasteiger partial charge in [0.1, 0.15) is 0 Å². The van der Waals surface area contributed by atoms with Crippen LogP contribution in [-0.2, 0) is 17.8 Å². The Labute approximate surface area is 191 Å². The zero-order chi connectivity index (χ0) is 22.7. The van der Waals surface area contributed by atoms with Crippen LogP contribution in [0.2, 0.25) is 0 Å². The van der Waals surface area contributed by atoms with Crippen molar-refractivity contribution in [3.63, 3.8) is 0 Å². The largest absolute Gasteiger partial charge is 0.378 e. The van der Waals surface area contributed by atoms with Gasteiger partial charge in [-0.1, -0.05) is 24.3 Å². The molecule has 7 nitrogen and oxygen atoms in total. The number of ether oxygens (including phenoxy) is 1. The smallest absolute Gasteiger partial charge is 0.262 e. The maximum Gasteiger partial charge on any atom is 0.262 e. The van der Waals surface area contributed by atoms with Crippen molar-refractivity contribution in [3.8, 4) is 0 Å². The van der Waals surface area contributed by atoms with Crippen LogP contribution in [0.25, 0.3) is 10.9 Å². The Kier molecular flexibility index (Phi) is 6.53. The molecule has 0 atom stereocenters. The van der Waals surface area contributed by atoms with Crippen molar-refractivity contribution in [3.05, 3.63) is 81.4 Å². The molecule has 0 unspecified atom stereocenters. The first-order chi connectivity index (χ1) is 15.5. The van der Waals surface area contributed by atoms with Gasteiger partial charge in [-0.05, 0) is 42.0 Å². The van der Waals surface area contributed by atoms with Crippen molar-refractivity contribution in [2.45, 2.75) is 13.1 Å². The van der Waals surface area contributed by atoms with Crippen molar-refractivity contribution in [2.75, 3.05) is 38.3 Å². The van der Waals surface area contributed by atoms with Crippen molar-refractivity contribution in [2.24, 2.45) is 0 Å². The maximum absolute atomic E-state index is 13.2. The predicted octanol–water partition coefficient (Wildman–Crippen LogP) is 3.35. The van der Waals surface area contributed by atoms with Crippen molar-refractivity contribution in [1.82, 2.24) is 14.5 Å². The summed E-state index contributed by atoms with van der Waals surface area (Å²) in [7, 11) is 1.78. The highest BCUT2D eigenvalue weighted by Gasteiger charge is 2.18. The molecular formula is C24H26N4O3S. The van der Waals surface area contributed by atoms with Gasteiger partial charge in [0.15, 0.2) is 4.77 Å². The summed E-state index contributed by atoms with van der Waals surface area (Å²) < 4.78 is 7.22. The molecule has 4 rings (SSSR count). The summed E-state index contributed by atoms with van der Waals surface area (Å²) in [5.41, 5.74) is 3.05. The van der Waals surface area contributed by atoms with Crippen LogP contribution in [0, 0.1) is 4.77 Å². The number of allylic oxidation sites excluding steroid dienone is 1. The van der Waals surface area contributed by atoms with Crippen LogP contribution in [0.4, 0.5) is 5.69 Å². The Bertz CT molecular complexity index is 1270. The first kappa shape index (κ1) is 22.0. The van der Waals surface area contributed by atoms with E-state index in [9.17, 15) is 9.59 Å². The van der Waals surface area contributed by atoms with Gasteiger partial charge >= 0.3 is 0 Å². The van der Waals surface area contributed by atoms with Crippen molar-refractivity contribution >= 4 is 34.7 Å². The number of aromatic amines is 1. The molecule has 1 N–H and O–H groups in total. The lowest BCUT2D eigenvalue weighted by Gasteiger charge is -2.31. The molecule has 1 fully saturated rings. The second-order valence-corrected chi connectivity index (χ2v) is 8.17. The highest BCUT2D eigenvalue weighted by Crippen LogP contribution is 2.23. The zero-order valence-corrected chi connectivity index (χ0v) is 18.9. The molecule has 32 heavy (non-hydrogen) atoms. The van der Waals surface area contributed by atoms with E-state index in [1.807, 2.05) is 18.2 Å². The van der Waals surface area contributed by atoms with E-state index in [4.69, 9.17) is 17.0 Å². The monoisotopic (exact) mass is 450 g/mol. The molecule has 1 aliphatic rings. The van der Waals surface area contributed by atoms with Gasteiger partial charge in [0, 0.05) is 44.5 Å². The molecule has 0 saturated carbocycles. The molecule has 8 heteroatoms. The zero-order valence-electron chi connectivity index (χ0n) is 18.0. The van der Waals surface area contributed by atoms with Crippen LogP contribution in [0.1, 0.15) is 15.9 Å². The topological polar surface area (TPSA) is 70.6 Å². The summed E-state index contributed by atoms with van der Waals surface area (Å²) in [6, 6.07) is 13.2. The summed E-state index contributed by atoms with van der Waals surface area (Å²) >= 11 is 5.31. The van der Waals surface area contributed by atoms with Crippen LogP contribution in [0.15, 0.2) is 59.9 Å². The van der Waals surface area contributed by atoms with Gasteiger partial charge in [-0.25, -0.2) is 0 Å². The summed E-state index contributed by atoms with van der Waals surface area (Å²) in [4.78, 5) is 32.9. The number of hydrogen-bond acceptors (Lipinski definition) is 5. The molecule has 3 aromatic rings. The third-order valence-electron chi connectivity index (χ3n) is 5.64. The van der Waals surface area contributed by atoms with Crippen LogP contribution in [0.3, 0.4) is 0 Å². The Morgan fingerprint density at radius 3 is 2.75 bits per heavy atom. The van der Waals surface area contributed by atoms with E-state index >= 15 is 0 Å². The standard InChI is InChI=1S/C24H26N4O3S/c1-3-10-28-23(30)19-9-8-17(15-20(19)25-24(28)32)22(29)26(2)16-18-6-4-5-7-21(18)27-11-13-31-14-12-27/h3-9,15H,1,10-14,16H2,2H3,(H,25,32). The number of carbonyl (C=O) groups excluding carboxylic acids is 1. The number of morpholine rings is 1. The average molecular weight is 451 g/mol. The number of nitrogens with zero attached hydrogens (tertiary/aromatic N) is 3. The number of amides is 1. The van der Waals surface area contributed by atoms with Gasteiger partial charge in [0.25, 0.3) is 11.5 Å². The second kappa shape index (κ2) is 9.50. The molecule has 0 spiro atoms. The van der Waals surface area contributed by atoms with E-state index < -0.39 is 0 Å². The molecule has 166 valence electrons. The van der Waals surface area contributed by atoms with E-state index in [2.05, 4.69) is 22.5 Å². The highest BCUT2D eigenvalue weighted by molar-refractivity contribution is 7.71. The van der Waals surface area contributed by atoms with Crippen LogP contribution in [-0.4, -0.2) is 53.7 Å². The van der Waals surface area contributed by atoms with Crippen molar-refractivity contribution < 1.29 is 9.53 Å². The first-order valence-corrected chi connectivity index (χ1v) is 10.9. The van der Waals surface area contributed by atoms with Crippen LogP contribution >= 0.6 is 12.2 Å². The maximum atomic E-state index is 13.2. The Morgan fingerprint density at radius 1 is 1.25 bits per heavy atom.